The molecule has 1 aliphatic rings. The molecule has 1 atom stereocenters. The van der Waals surface area contributed by atoms with Crippen molar-refractivity contribution in [2.45, 2.75) is 19.4 Å². The monoisotopic (exact) mass is 211 g/mol. The predicted molar refractivity (Wildman–Crippen MR) is 58.1 cm³/mol. The Balaban J connectivity index is 2.05. The molecule has 1 aromatic carbocycles. The van der Waals surface area contributed by atoms with Gasteiger partial charge >= 0.3 is 0 Å². The Bertz CT molecular complexity index is 321. The second-order valence-corrected chi connectivity index (χ2v) is 4.05. The van der Waals surface area contributed by atoms with Gasteiger partial charge in [0.15, 0.2) is 0 Å². The number of hydrogen-bond donors (Lipinski definition) is 1. The summed E-state index contributed by atoms with van der Waals surface area (Å²) >= 11 is 5.93. The molecular weight excluding hydrogens is 198 g/mol. The maximum Gasteiger partial charge on any atom is 0.120 e. The maximum atomic E-state index is 5.93. The number of ether oxygens (including phenoxy) is 1. The van der Waals surface area contributed by atoms with Crippen LogP contribution in [0.25, 0.3) is 0 Å². The number of aryl methyl sites for hydroxylation is 1. The van der Waals surface area contributed by atoms with Gasteiger partial charge in [0.1, 0.15) is 11.9 Å². The SMILES string of the molecule is Cc1cc(OC2CCNC2)ccc1Cl. The van der Waals surface area contributed by atoms with E-state index in [-0.39, 0.29) is 0 Å². The van der Waals surface area contributed by atoms with Crippen LogP contribution in [0.5, 0.6) is 5.75 Å². The molecular formula is C11H14ClNO. The third-order valence-electron chi connectivity index (χ3n) is 2.45. The lowest BCUT2D eigenvalue weighted by Crippen LogP contribution is -2.19. The zero-order valence-corrected chi connectivity index (χ0v) is 8.97. The van der Waals surface area contributed by atoms with Crippen molar-refractivity contribution in [2.75, 3.05) is 13.1 Å². The number of nitrogens with one attached hydrogen (secondary N) is 1. The second kappa shape index (κ2) is 4.20. The highest BCUT2D eigenvalue weighted by Crippen LogP contribution is 2.22. The van der Waals surface area contributed by atoms with Gasteiger partial charge in [-0.3, -0.25) is 0 Å². The summed E-state index contributed by atoms with van der Waals surface area (Å²) in [5.41, 5.74) is 1.06. The van der Waals surface area contributed by atoms with Crippen molar-refractivity contribution in [2.24, 2.45) is 0 Å². The van der Waals surface area contributed by atoms with E-state index < -0.39 is 0 Å². The van der Waals surface area contributed by atoms with E-state index in [2.05, 4.69) is 5.32 Å². The van der Waals surface area contributed by atoms with E-state index in [1.807, 2.05) is 25.1 Å². The molecule has 1 aliphatic heterocycles. The molecule has 0 aromatic heterocycles. The van der Waals surface area contributed by atoms with Crippen LogP contribution in [0.3, 0.4) is 0 Å². The molecule has 0 saturated carbocycles. The van der Waals surface area contributed by atoms with Crippen molar-refractivity contribution in [3.05, 3.63) is 28.8 Å². The molecule has 1 fully saturated rings. The highest BCUT2D eigenvalue weighted by molar-refractivity contribution is 6.31. The van der Waals surface area contributed by atoms with Gasteiger partial charge in [0.05, 0.1) is 0 Å². The first-order valence-corrected chi connectivity index (χ1v) is 5.27. The van der Waals surface area contributed by atoms with Crippen LogP contribution in [0.4, 0.5) is 0 Å². The molecule has 3 heteroatoms. The minimum atomic E-state index is 0.315. The molecule has 1 unspecified atom stereocenters. The summed E-state index contributed by atoms with van der Waals surface area (Å²) in [6, 6.07) is 5.79. The molecule has 1 N–H and O–H groups in total. The van der Waals surface area contributed by atoms with Crippen molar-refractivity contribution >= 4 is 11.6 Å². The molecule has 1 heterocycles. The minimum Gasteiger partial charge on any atom is -0.489 e. The summed E-state index contributed by atoms with van der Waals surface area (Å²) in [6.45, 7) is 3.99. The highest BCUT2D eigenvalue weighted by Gasteiger charge is 2.15. The van der Waals surface area contributed by atoms with E-state index >= 15 is 0 Å². The standard InChI is InChI=1S/C11H14ClNO/c1-8-6-9(2-3-11(8)12)14-10-4-5-13-7-10/h2-3,6,10,13H,4-5,7H2,1H3. The fourth-order valence-corrected chi connectivity index (χ4v) is 1.73. The second-order valence-electron chi connectivity index (χ2n) is 3.64. The van der Waals surface area contributed by atoms with E-state index in [1.54, 1.807) is 0 Å². The lowest BCUT2D eigenvalue weighted by Gasteiger charge is -2.13. The van der Waals surface area contributed by atoms with Gasteiger partial charge in [-0.1, -0.05) is 11.6 Å². The molecule has 0 aliphatic carbocycles. The van der Waals surface area contributed by atoms with Crippen LogP contribution in [0.2, 0.25) is 5.02 Å². The average Bonchev–Trinajstić information content (AvgIpc) is 2.64. The summed E-state index contributed by atoms with van der Waals surface area (Å²) < 4.78 is 5.79. The van der Waals surface area contributed by atoms with E-state index in [9.17, 15) is 0 Å². The van der Waals surface area contributed by atoms with Crippen LogP contribution in [0.1, 0.15) is 12.0 Å². The Labute approximate surface area is 89.2 Å². The Morgan fingerprint density at radius 1 is 1.50 bits per heavy atom. The van der Waals surface area contributed by atoms with Gasteiger partial charge < -0.3 is 10.1 Å². The normalized spacial score (nSPS) is 21.1. The summed E-state index contributed by atoms with van der Waals surface area (Å²) in [7, 11) is 0. The topological polar surface area (TPSA) is 21.3 Å². The lowest BCUT2D eigenvalue weighted by molar-refractivity contribution is 0.223. The molecule has 1 saturated heterocycles. The van der Waals surface area contributed by atoms with E-state index in [0.717, 1.165) is 35.8 Å². The van der Waals surface area contributed by atoms with Crippen molar-refractivity contribution in [1.82, 2.24) is 5.32 Å². The van der Waals surface area contributed by atoms with Crippen LogP contribution in [0, 0.1) is 6.92 Å². The van der Waals surface area contributed by atoms with Crippen LogP contribution in [-0.4, -0.2) is 19.2 Å². The lowest BCUT2D eigenvalue weighted by atomic mass is 10.2. The first kappa shape index (κ1) is 9.81. The highest BCUT2D eigenvalue weighted by atomic mass is 35.5. The molecule has 76 valence electrons. The van der Waals surface area contributed by atoms with Crippen LogP contribution in [0.15, 0.2) is 18.2 Å². The molecule has 0 bridgehead atoms. The van der Waals surface area contributed by atoms with Gasteiger partial charge in [0.2, 0.25) is 0 Å². The average molecular weight is 212 g/mol. The minimum absolute atomic E-state index is 0.315. The van der Waals surface area contributed by atoms with E-state index in [0.29, 0.717) is 6.10 Å². The first-order valence-electron chi connectivity index (χ1n) is 4.89. The summed E-state index contributed by atoms with van der Waals surface area (Å²) in [4.78, 5) is 0. The predicted octanol–water partition coefficient (Wildman–Crippen LogP) is 2.39. The number of halogens is 1. The molecule has 0 spiro atoms. The summed E-state index contributed by atoms with van der Waals surface area (Å²) in [6.07, 6.45) is 1.40. The Hall–Kier alpha value is -0.730. The molecule has 1 aromatic rings. The number of rotatable bonds is 2. The number of hydrogen-bond acceptors (Lipinski definition) is 2. The Morgan fingerprint density at radius 3 is 3.00 bits per heavy atom. The number of benzene rings is 1. The Morgan fingerprint density at radius 2 is 2.36 bits per heavy atom. The fourth-order valence-electron chi connectivity index (χ4n) is 1.61. The van der Waals surface area contributed by atoms with Crippen molar-refractivity contribution in [3.63, 3.8) is 0 Å². The first-order chi connectivity index (χ1) is 6.75. The van der Waals surface area contributed by atoms with Crippen LogP contribution in [-0.2, 0) is 0 Å². The largest absolute Gasteiger partial charge is 0.489 e. The molecule has 2 rings (SSSR count). The van der Waals surface area contributed by atoms with Crippen molar-refractivity contribution in [3.8, 4) is 5.75 Å². The molecule has 0 amide bonds. The van der Waals surface area contributed by atoms with Crippen molar-refractivity contribution in [1.29, 1.82) is 0 Å². The maximum absolute atomic E-state index is 5.93. The summed E-state index contributed by atoms with van der Waals surface area (Å²) in [5.74, 6) is 0.917. The molecule has 2 nitrogen and oxygen atoms in total. The van der Waals surface area contributed by atoms with Crippen molar-refractivity contribution < 1.29 is 4.74 Å². The summed E-state index contributed by atoms with van der Waals surface area (Å²) in [5, 5.41) is 4.06. The molecule has 0 radical (unpaired) electrons. The quantitative estimate of drug-likeness (QED) is 0.811. The van der Waals surface area contributed by atoms with E-state index in [1.165, 1.54) is 0 Å². The van der Waals surface area contributed by atoms with Gasteiger partial charge in [0, 0.05) is 11.6 Å². The Kier molecular flexibility index (Phi) is 2.94. The van der Waals surface area contributed by atoms with Gasteiger partial charge in [-0.15, -0.1) is 0 Å². The van der Waals surface area contributed by atoms with Crippen LogP contribution >= 0.6 is 11.6 Å². The van der Waals surface area contributed by atoms with Gasteiger partial charge in [0.25, 0.3) is 0 Å². The van der Waals surface area contributed by atoms with Gasteiger partial charge in [-0.25, -0.2) is 0 Å². The molecule has 14 heavy (non-hydrogen) atoms. The smallest absolute Gasteiger partial charge is 0.120 e. The third kappa shape index (κ3) is 2.20. The van der Waals surface area contributed by atoms with E-state index in [4.69, 9.17) is 16.3 Å². The zero-order valence-electron chi connectivity index (χ0n) is 8.22. The third-order valence-corrected chi connectivity index (χ3v) is 2.87. The fraction of sp³-hybridized carbons (Fsp3) is 0.455. The van der Waals surface area contributed by atoms with Gasteiger partial charge in [-0.2, -0.15) is 0 Å². The van der Waals surface area contributed by atoms with Crippen LogP contribution < -0.4 is 10.1 Å². The zero-order chi connectivity index (χ0) is 9.97. The van der Waals surface area contributed by atoms with Gasteiger partial charge in [-0.05, 0) is 43.7 Å².